The highest BCUT2D eigenvalue weighted by Crippen LogP contribution is 2.34. The number of hydrogen-bond acceptors (Lipinski definition) is 2. The summed E-state index contributed by atoms with van der Waals surface area (Å²) in [6.45, 7) is 0.668. The molecule has 104 valence electrons. The Kier molecular flexibility index (Phi) is 5.23. The van der Waals surface area contributed by atoms with E-state index in [0.29, 0.717) is 13.0 Å². The number of aryl methyl sites for hydroxylation is 1. The van der Waals surface area contributed by atoms with Gasteiger partial charge in [0.25, 0.3) is 0 Å². The molecule has 4 heteroatoms. The number of benzene rings is 1. The number of hydrogen-bond donors (Lipinski definition) is 1. The number of halogens is 1. The maximum Gasteiger partial charge on any atom is 0.238 e. The molecule has 0 fully saturated rings. The van der Waals surface area contributed by atoms with Gasteiger partial charge in [-0.2, -0.15) is 0 Å². The molecule has 1 aliphatic carbocycles. The van der Waals surface area contributed by atoms with Crippen molar-refractivity contribution in [2.24, 2.45) is 0 Å². The maximum atomic E-state index is 12.0. The molecule has 0 bridgehead atoms. The van der Waals surface area contributed by atoms with Crippen molar-refractivity contribution >= 4 is 17.5 Å². The van der Waals surface area contributed by atoms with E-state index in [0.717, 1.165) is 19.3 Å². The van der Waals surface area contributed by atoms with Crippen molar-refractivity contribution in [3.8, 4) is 0 Å². The van der Waals surface area contributed by atoms with Gasteiger partial charge in [-0.05, 0) is 36.8 Å². The number of rotatable bonds is 5. The topological polar surface area (TPSA) is 40.5 Å². The van der Waals surface area contributed by atoms with E-state index in [-0.39, 0.29) is 24.4 Å². The van der Waals surface area contributed by atoms with Crippen LogP contribution in [0.3, 0.4) is 0 Å². The number of alkyl halides is 1. The van der Waals surface area contributed by atoms with E-state index in [9.17, 15) is 4.79 Å². The van der Waals surface area contributed by atoms with Gasteiger partial charge in [0.1, 0.15) is 5.88 Å². The highest BCUT2D eigenvalue weighted by Gasteiger charge is 2.28. The molecular formula is C15H20ClNO2. The Bertz CT molecular complexity index is 436. The minimum Gasteiger partial charge on any atom is -0.396 e. The number of carbonyl (C=O) groups is 1. The number of fused-ring (bicyclic) bond motifs is 1. The highest BCUT2D eigenvalue weighted by molar-refractivity contribution is 6.27. The lowest BCUT2D eigenvalue weighted by Crippen LogP contribution is -2.38. The summed E-state index contributed by atoms with van der Waals surface area (Å²) in [5.41, 5.74) is 2.57. The van der Waals surface area contributed by atoms with Gasteiger partial charge < -0.3 is 10.0 Å². The molecular weight excluding hydrogens is 262 g/mol. The molecule has 1 unspecified atom stereocenters. The Hall–Kier alpha value is -1.06. The van der Waals surface area contributed by atoms with Crippen LogP contribution in [0.2, 0.25) is 0 Å². The molecule has 0 saturated heterocycles. The number of aliphatic hydroxyl groups is 1. The van der Waals surface area contributed by atoms with Gasteiger partial charge in [-0.15, -0.1) is 11.6 Å². The molecule has 19 heavy (non-hydrogen) atoms. The van der Waals surface area contributed by atoms with Crippen LogP contribution in [0.15, 0.2) is 24.3 Å². The molecule has 1 atom stereocenters. The van der Waals surface area contributed by atoms with Crippen LogP contribution >= 0.6 is 11.6 Å². The average molecular weight is 282 g/mol. The van der Waals surface area contributed by atoms with Crippen LogP contribution in [0.5, 0.6) is 0 Å². The zero-order chi connectivity index (χ0) is 13.7. The lowest BCUT2D eigenvalue weighted by molar-refractivity contribution is -0.131. The van der Waals surface area contributed by atoms with Crippen molar-refractivity contribution in [3.63, 3.8) is 0 Å². The van der Waals surface area contributed by atoms with E-state index < -0.39 is 0 Å². The smallest absolute Gasteiger partial charge is 0.238 e. The van der Waals surface area contributed by atoms with Crippen molar-refractivity contribution < 1.29 is 9.90 Å². The van der Waals surface area contributed by atoms with Crippen molar-refractivity contribution in [1.29, 1.82) is 0 Å². The second-order valence-electron chi connectivity index (χ2n) is 4.90. The van der Waals surface area contributed by atoms with Gasteiger partial charge in [0.05, 0.1) is 6.04 Å². The molecule has 0 spiro atoms. The third-order valence-corrected chi connectivity index (χ3v) is 3.93. The van der Waals surface area contributed by atoms with Crippen LogP contribution < -0.4 is 0 Å². The monoisotopic (exact) mass is 281 g/mol. The standard InChI is InChI=1S/C15H20ClNO2/c16-11-15(19)17(9-4-10-18)14-8-3-6-12-5-1-2-7-13(12)14/h1-2,5,7,14,18H,3-4,6,8-11H2. The Morgan fingerprint density at radius 2 is 2.21 bits per heavy atom. The SMILES string of the molecule is O=C(CCl)N(CCCO)C1CCCc2ccccc21. The predicted molar refractivity (Wildman–Crippen MR) is 76.3 cm³/mol. The van der Waals surface area contributed by atoms with Crippen LogP contribution in [-0.4, -0.2) is 34.9 Å². The fourth-order valence-corrected chi connectivity index (χ4v) is 2.98. The molecule has 0 saturated carbocycles. The van der Waals surface area contributed by atoms with Crippen molar-refractivity contribution in [2.75, 3.05) is 19.0 Å². The number of carbonyl (C=O) groups excluding carboxylic acids is 1. The first kappa shape index (κ1) is 14.4. The second kappa shape index (κ2) is 6.92. The van der Waals surface area contributed by atoms with Gasteiger partial charge >= 0.3 is 0 Å². The fraction of sp³-hybridized carbons (Fsp3) is 0.533. The second-order valence-corrected chi connectivity index (χ2v) is 5.17. The maximum absolute atomic E-state index is 12.0. The van der Waals surface area contributed by atoms with Gasteiger partial charge in [-0.25, -0.2) is 0 Å². The summed E-state index contributed by atoms with van der Waals surface area (Å²) >= 11 is 5.72. The minimum atomic E-state index is -0.0446. The summed E-state index contributed by atoms with van der Waals surface area (Å²) in [7, 11) is 0. The van der Waals surface area contributed by atoms with Gasteiger partial charge in [0.15, 0.2) is 0 Å². The predicted octanol–water partition coefficient (Wildman–Crippen LogP) is 2.51. The van der Waals surface area contributed by atoms with Crippen molar-refractivity contribution in [1.82, 2.24) is 4.90 Å². The Morgan fingerprint density at radius 3 is 2.95 bits per heavy atom. The third-order valence-electron chi connectivity index (χ3n) is 3.71. The zero-order valence-electron chi connectivity index (χ0n) is 11.0. The zero-order valence-corrected chi connectivity index (χ0v) is 11.8. The van der Waals surface area contributed by atoms with Gasteiger partial charge in [-0.3, -0.25) is 4.79 Å². The molecule has 1 aromatic carbocycles. The van der Waals surface area contributed by atoms with E-state index in [4.69, 9.17) is 16.7 Å². The fourth-order valence-electron chi connectivity index (χ4n) is 2.82. The number of amides is 1. The average Bonchev–Trinajstić information content (AvgIpc) is 2.47. The van der Waals surface area contributed by atoms with E-state index in [2.05, 4.69) is 12.1 Å². The van der Waals surface area contributed by atoms with Crippen LogP contribution in [0, 0.1) is 0 Å². The molecule has 0 aromatic heterocycles. The van der Waals surface area contributed by atoms with Crippen molar-refractivity contribution in [2.45, 2.75) is 31.7 Å². The van der Waals surface area contributed by atoms with Gasteiger partial charge in [0.2, 0.25) is 5.91 Å². The van der Waals surface area contributed by atoms with Crippen molar-refractivity contribution in [3.05, 3.63) is 35.4 Å². The number of aliphatic hydroxyl groups excluding tert-OH is 1. The Morgan fingerprint density at radius 1 is 1.42 bits per heavy atom. The molecule has 1 aromatic rings. The highest BCUT2D eigenvalue weighted by atomic mass is 35.5. The first-order valence-electron chi connectivity index (χ1n) is 6.82. The normalized spacial score (nSPS) is 17.9. The first-order chi connectivity index (χ1) is 9.27. The Balaban J connectivity index is 2.24. The molecule has 3 nitrogen and oxygen atoms in total. The molecule has 0 aliphatic heterocycles. The summed E-state index contributed by atoms with van der Waals surface area (Å²) in [6.07, 6.45) is 3.74. The van der Waals surface area contributed by atoms with Crippen LogP contribution in [0.1, 0.15) is 36.4 Å². The van der Waals surface area contributed by atoms with E-state index in [1.54, 1.807) is 0 Å². The first-order valence-corrected chi connectivity index (χ1v) is 7.35. The van der Waals surface area contributed by atoms with E-state index in [1.165, 1.54) is 11.1 Å². The Labute approximate surface area is 119 Å². The van der Waals surface area contributed by atoms with Crippen LogP contribution in [-0.2, 0) is 11.2 Å². The molecule has 1 N–H and O–H groups in total. The number of nitrogens with zero attached hydrogens (tertiary/aromatic N) is 1. The summed E-state index contributed by atoms with van der Waals surface area (Å²) in [6, 6.07) is 8.42. The van der Waals surface area contributed by atoms with E-state index >= 15 is 0 Å². The lowest BCUT2D eigenvalue weighted by Gasteiger charge is -2.35. The van der Waals surface area contributed by atoms with Gasteiger partial charge in [0, 0.05) is 13.2 Å². The lowest BCUT2D eigenvalue weighted by atomic mass is 9.86. The van der Waals surface area contributed by atoms with Crippen LogP contribution in [0.4, 0.5) is 0 Å². The molecule has 0 radical (unpaired) electrons. The minimum absolute atomic E-state index is 0.00406. The summed E-state index contributed by atoms with van der Waals surface area (Å²) in [5, 5.41) is 8.99. The molecule has 0 heterocycles. The van der Waals surface area contributed by atoms with E-state index in [1.807, 2.05) is 17.0 Å². The molecule has 1 aliphatic rings. The third kappa shape index (κ3) is 3.28. The summed E-state index contributed by atoms with van der Waals surface area (Å²) < 4.78 is 0. The molecule has 2 rings (SSSR count). The van der Waals surface area contributed by atoms with Gasteiger partial charge in [-0.1, -0.05) is 24.3 Å². The molecule has 1 amide bonds. The quantitative estimate of drug-likeness (QED) is 0.843. The summed E-state index contributed by atoms with van der Waals surface area (Å²) in [4.78, 5) is 13.9. The summed E-state index contributed by atoms with van der Waals surface area (Å²) in [5.74, 6) is -0.0405. The van der Waals surface area contributed by atoms with Crippen LogP contribution in [0.25, 0.3) is 0 Å². The largest absolute Gasteiger partial charge is 0.396 e.